The molecule has 0 saturated carbocycles. The molecule has 0 aromatic heterocycles. The molecule has 1 aromatic carbocycles. The third-order valence-electron chi connectivity index (χ3n) is 4.51. The quantitative estimate of drug-likeness (QED) is 0.752. The first-order valence-electron chi connectivity index (χ1n) is 7.95. The fourth-order valence-electron chi connectivity index (χ4n) is 2.76. The number of nitrogens with one attached hydrogen (secondary N) is 1. The van der Waals surface area contributed by atoms with E-state index in [0.717, 1.165) is 14.9 Å². The van der Waals surface area contributed by atoms with Gasteiger partial charge in [-0.2, -0.15) is 0 Å². The van der Waals surface area contributed by atoms with Crippen LogP contribution in [-0.4, -0.2) is 46.8 Å². The number of halogens is 1. The lowest BCUT2D eigenvalue weighted by Gasteiger charge is -2.24. The van der Waals surface area contributed by atoms with Gasteiger partial charge >= 0.3 is 6.03 Å². The van der Waals surface area contributed by atoms with Crippen molar-refractivity contribution in [2.45, 2.75) is 38.8 Å². The number of urea groups is 1. The average Bonchev–Trinajstić information content (AvgIpc) is 2.81. The summed E-state index contributed by atoms with van der Waals surface area (Å²) in [5.74, 6) is -0.590. The lowest BCUT2D eigenvalue weighted by atomic mass is 9.93. The van der Waals surface area contributed by atoms with Crippen LogP contribution in [0.4, 0.5) is 4.79 Å². The van der Waals surface area contributed by atoms with Crippen LogP contribution in [0.2, 0.25) is 0 Å². The molecule has 0 spiro atoms. The molecule has 0 atom stereocenters. The lowest BCUT2D eigenvalue weighted by molar-refractivity contribution is -0.138. The normalized spacial score (nSPS) is 16.2. The van der Waals surface area contributed by atoms with Crippen LogP contribution in [-0.2, 0) is 16.1 Å². The van der Waals surface area contributed by atoms with Gasteiger partial charge in [0.25, 0.3) is 5.91 Å². The highest BCUT2D eigenvalue weighted by molar-refractivity contribution is 9.10. The van der Waals surface area contributed by atoms with Crippen molar-refractivity contribution in [3.8, 4) is 0 Å². The van der Waals surface area contributed by atoms with Gasteiger partial charge in [0.2, 0.25) is 5.91 Å². The van der Waals surface area contributed by atoms with Gasteiger partial charge in [0.05, 0.1) is 0 Å². The fraction of sp³-hybridized carbons (Fsp3) is 0.471. The lowest BCUT2D eigenvalue weighted by Crippen LogP contribution is -2.46. The Hall–Kier alpha value is -1.89. The van der Waals surface area contributed by atoms with E-state index in [1.807, 2.05) is 38.1 Å². The minimum absolute atomic E-state index is 0.237. The van der Waals surface area contributed by atoms with Crippen LogP contribution in [0.15, 0.2) is 28.7 Å². The number of amides is 4. The highest BCUT2D eigenvalue weighted by Crippen LogP contribution is 2.24. The van der Waals surface area contributed by atoms with Crippen LogP contribution in [0.1, 0.15) is 32.3 Å². The Labute approximate surface area is 150 Å². The number of carbonyl (C=O) groups is 3. The second-order valence-electron chi connectivity index (χ2n) is 5.99. The highest BCUT2D eigenvalue weighted by Gasteiger charge is 2.49. The molecule has 130 valence electrons. The molecule has 1 aromatic rings. The Bertz CT molecular complexity index is 641. The summed E-state index contributed by atoms with van der Waals surface area (Å²) in [5.41, 5.74) is 0.101. The van der Waals surface area contributed by atoms with E-state index in [4.69, 9.17) is 0 Å². The zero-order valence-electron chi connectivity index (χ0n) is 14.1. The van der Waals surface area contributed by atoms with E-state index in [-0.39, 0.29) is 18.4 Å². The third kappa shape index (κ3) is 3.61. The van der Waals surface area contributed by atoms with Crippen LogP contribution in [0, 0.1) is 0 Å². The standard InChI is InChI=1S/C17H22BrN3O3/c1-4-17(5-2)15(23)21(16(24)19-17)11-14(22)20(3)10-12-6-8-13(18)9-7-12/h6-9H,4-5,10-11H2,1-3H3,(H,19,24). The zero-order chi connectivity index (χ0) is 17.9. The van der Waals surface area contributed by atoms with Gasteiger partial charge < -0.3 is 10.2 Å². The van der Waals surface area contributed by atoms with Crippen molar-refractivity contribution in [1.82, 2.24) is 15.1 Å². The molecule has 24 heavy (non-hydrogen) atoms. The second-order valence-corrected chi connectivity index (χ2v) is 6.90. The van der Waals surface area contributed by atoms with Crippen LogP contribution in [0.5, 0.6) is 0 Å². The maximum atomic E-state index is 12.5. The molecule has 1 saturated heterocycles. The van der Waals surface area contributed by atoms with Crippen molar-refractivity contribution in [1.29, 1.82) is 0 Å². The summed E-state index contributed by atoms with van der Waals surface area (Å²) in [6.45, 7) is 3.89. The molecule has 2 rings (SSSR count). The Morgan fingerprint density at radius 1 is 1.21 bits per heavy atom. The zero-order valence-corrected chi connectivity index (χ0v) is 15.7. The molecule has 1 fully saturated rings. The first-order chi connectivity index (χ1) is 11.3. The molecule has 6 nitrogen and oxygen atoms in total. The molecule has 1 N–H and O–H groups in total. The van der Waals surface area contributed by atoms with E-state index in [9.17, 15) is 14.4 Å². The van der Waals surface area contributed by atoms with Crippen LogP contribution in [0.3, 0.4) is 0 Å². The Morgan fingerprint density at radius 3 is 2.29 bits per heavy atom. The van der Waals surface area contributed by atoms with Crippen molar-refractivity contribution in [3.63, 3.8) is 0 Å². The first-order valence-corrected chi connectivity index (χ1v) is 8.74. The van der Waals surface area contributed by atoms with Crippen LogP contribution >= 0.6 is 15.9 Å². The molecule has 0 unspecified atom stereocenters. The molecule has 0 bridgehead atoms. The predicted octanol–water partition coefficient (Wildman–Crippen LogP) is 2.52. The third-order valence-corrected chi connectivity index (χ3v) is 5.03. The van der Waals surface area contributed by atoms with E-state index < -0.39 is 11.6 Å². The van der Waals surface area contributed by atoms with E-state index in [2.05, 4.69) is 21.2 Å². The van der Waals surface area contributed by atoms with Gasteiger partial charge in [0, 0.05) is 18.1 Å². The van der Waals surface area contributed by atoms with E-state index in [1.165, 1.54) is 4.90 Å². The summed E-state index contributed by atoms with van der Waals surface area (Å²) >= 11 is 3.37. The first kappa shape index (κ1) is 18.4. The maximum absolute atomic E-state index is 12.5. The summed E-state index contributed by atoms with van der Waals surface area (Å²) < 4.78 is 0.968. The summed E-state index contributed by atoms with van der Waals surface area (Å²) in [6, 6.07) is 7.15. The Kier molecular flexibility index (Phi) is 5.64. The van der Waals surface area contributed by atoms with Gasteiger partial charge in [-0.15, -0.1) is 0 Å². The number of carbonyl (C=O) groups excluding carboxylic acids is 3. The largest absolute Gasteiger partial charge is 0.340 e. The van der Waals surface area contributed by atoms with Crippen LogP contribution in [0.25, 0.3) is 0 Å². The van der Waals surface area contributed by atoms with Gasteiger partial charge in [-0.05, 0) is 30.5 Å². The number of hydrogen-bond acceptors (Lipinski definition) is 3. The van der Waals surface area contributed by atoms with E-state index in [0.29, 0.717) is 19.4 Å². The van der Waals surface area contributed by atoms with Crippen molar-refractivity contribution < 1.29 is 14.4 Å². The number of benzene rings is 1. The van der Waals surface area contributed by atoms with Gasteiger partial charge in [-0.3, -0.25) is 14.5 Å². The smallest absolute Gasteiger partial charge is 0.325 e. The molecule has 0 aliphatic carbocycles. The van der Waals surface area contributed by atoms with Crippen molar-refractivity contribution >= 4 is 33.8 Å². The van der Waals surface area contributed by atoms with Gasteiger partial charge in [0.15, 0.2) is 0 Å². The van der Waals surface area contributed by atoms with Crippen molar-refractivity contribution in [2.24, 2.45) is 0 Å². The van der Waals surface area contributed by atoms with E-state index >= 15 is 0 Å². The summed E-state index contributed by atoms with van der Waals surface area (Å²) in [6.07, 6.45) is 1.01. The minimum Gasteiger partial charge on any atom is -0.340 e. The highest BCUT2D eigenvalue weighted by atomic mass is 79.9. The van der Waals surface area contributed by atoms with Crippen molar-refractivity contribution in [2.75, 3.05) is 13.6 Å². The SMILES string of the molecule is CCC1(CC)NC(=O)N(CC(=O)N(C)Cc2ccc(Br)cc2)C1=O. The summed E-state index contributed by atoms with van der Waals surface area (Å²) in [4.78, 5) is 39.5. The van der Waals surface area contributed by atoms with E-state index in [1.54, 1.807) is 7.05 Å². The number of nitrogens with zero attached hydrogens (tertiary/aromatic N) is 2. The van der Waals surface area contributed by atoms with Gasteiger partial charge in [-0.25, -0.2) is 4.79 Å². The molecule has 4 amide bonds. The Balaban J connectivity index is 2.02. The molecule has 0 radical (unpaired) electrons. The fourth-order valence-corrected chi connectivity index (χ4v) is 3.02. The monoisotopic (exact) mass is 395 g/mol. The van der Waals surface area contributed by atoms with Gasteiger partial charge in [-0.1, -0.05) is 41.9 Å². The molecule has 1 heterocycles. The molecular formula is C17H22BrN3O3. The number of hydrogen-bond donors (Lipinski definition) is 1. The number of imide groups is 1. The molecule has 1 aliphatic heterocycles. The topological polar surface area (TPSA) is 69.7 Å². The van der Waals surface area contributed by atoms with Gasteiger partial charge in [0.1, 0.15) is 12.1 Å². The summed E-state index contributed by atoms with van der Waals surface area (Å²) in [7, 11) is 1.66. The average molecular weight is 396 g/mol. The molecule has 1 aliphatic rings. The second kappa shape index (κ2) is 7.34. The summed E-state index contributed by atoms with van der Waals surface area (Å²) in [5, 5.41) is 2.73. The predicted molar refractivity (Wildman–Crippen MR) is 94.2 cm³/mol. The Morgan fingerprint density at radius 2 is 1.79 bits per heavy atom. The molecule has 7 heteroatoms. The number of rotatable bonds is 6. The minimum atomic E-state index is -0.873. The number of likely N-dealkylation sites (N-methyl/N-ethyl adjacent to an activating group) is 1. The van der Waals surface area contributed by atoms with Crippen LogP contribution < -0.4 is 5.32 Å². The molecular weight excluding hydrogens is 374 g/mol. The maximum Gasteiger partial charge on any atom is 0.325 e. The van der Waals surface area contributed by atoms with Crippen molar-refractivity contribution in [3.05, 3.63) is 34.3 Å².